The van der Waals surface area contributed by atoms with Gasteiger partial charge in [-0.05, 0) is 71.3 Å². The fourth-order valence-corrected chi connectivity index (χ4v) is 5.44. The fraction of sp³-hybridized carbons (Fsp3) is 0.600. The second-order valence-electron chi connectivity index (χ2n) is 12.0. The van der Waals surface area contributed by atoms with Crippen molar-refractivity contribution in [2.45, 2.75) is 102 Å². The normalized spacial score (nSPS) is 27.8. The van der Waals surface area contributed by atoms with Crippen LogP contribution in [0.15, 0.2) is 42.5 Å². The summed E-state index contributed by atoms with van der Waals surface area (Å²) in [4.78, 5) is 54.7. The van der Waals surface area contributed by atoms with Gasteiger partial charge in [0, 0.05) is 24.5 Å². The summed E-state index contributed by atoms with van der Waals surface area (Å²) in [6.45, 7) is 6.32. The first-order valence-electron chi connectivity index (χ1n) is 14.2. The Balaban J connectivity index is 1.51. The fourth-order valence-electron chi connectivity index (χ4n) is 5.44. The number of hydrogen-bond acceptors (Lipinski definition) is 5. The maximum atomic E-state index is 13.6. The number of benzene rings is 1. The van der Waals surface area contributed by atoms with Crippen LogP contribution in [0.2, 0.25) is 0 Å². The van der Waals surface area contributed by atoms with Gasteiger partial charge in [0.25, 0.3) is 5.91 Å². The Morgan fingerprint density at radius 2 is 1.85 bits per heavy atom. The van der Waals surface area contributed by atoms with Crippen LogP contribution in [0.25, 0.3) is 0 Å². The number of nitrogens with zero attached hydrogens (tertiary/aromatic N) is 1. The third-order valence-electron chi connectivity index (χ3n) is 7.61. The van der Waals surface area contributed by atoms with Crippen LogP contribution in [0, 0.1) is 5.92 Å². The summed E-state index contributed by atoms with van der Waals surface area (Å²) in [5, 5.41) is 8.79. The summed E-state index contributed by atoms with van der Waals surface area (Å²) >= 11 is 0. The quantitative estimate of drug-likeness (QED) is 0.507. The van der Waals surface area contributed by atoms with Crippen molar-refractivity contribution in [3.8, 4) is 0 Å². The molecule has 2 fully saturated rings. The highest BCUT2D eigenvalue weighted by atomic mass is 16.6. The van der Waals surface area contributed by atoms with E-state index in [9.17, 15) is 19.2 Å². The smallest absolute Gasteiger partial charge is 0.408 e. The topological polar surface area (TPSA) is 117 Å². The summed E-state index contributed by atoms with van der Waals surface area (Å²) in [7, 11) is 0. The number of carbonyl (C=O) groups is 4. The molecule has 0 aromatic heterocycles. The Morgan fingerprint density at radius 3 is 2.59 bits per heavy atom. The molecule has 1 saturated carbocycles. The second kappa shape index (κ2) is 12.2. The standard InChI is InChI=1S/C30H42N4O5/c1-29(2,3)33-28(38)39-24-17-11-6-4-5-10-15-22-19-30(22,27(37)31-20-21-13-8-7-9-14-21)32-25(35)23-16-12-18-34(23)26(24)36/h7-10,13-15,22-24H,4-6,11-12,16-20H2,1-3H3,(H,31,37)(H,32,35)(H,33,38)/t22-,23+,24+,30-/m1/s1. The number of allylic oxidation sites excluding steroid dienone is 1. The van der Waals surface area contributed by atoms with Crippen molar-refractivity contribution in [1.29, 1.82) is 0 Å². The summed E-state index contributed by atoms with van der Waals surface area (Å²) in [6.07, 6.45) is 7.99. The molecule has 1 aromatic rings. The van der Waals surface area contributed by atoms with Crippen LogP contribution in [0.1, 0.15) is 77.7 Å². The largest absolute Gasteiger partial charge is 0.436 e. The Hall–Kier alpha value is -3.36. The molecule has 4 rings (SSSR count). The Morgan fingerprint density at radius 1 is 1.08 bits per heavy atom. The van der Waals surface area contributed by atoms with Crippen LogP contribution in [0.4, 0.5) is 4.79 Å². The highest BCUT2D eigenvalue weighted by molar-refractivity contribution is 5.98. The van der Waals surface area contributed by atoms with Crippen molar-refractivity contribution in [2.75, 3.05) is 6.54 Å². The molecule has 1 saturated heterocycles. The molecular weight excluding hydrogens is 496 g/mol. The molecule has 1 aromatic carbocycles. The van der Waals surface area contributed by atoms with Gasteiger partial charge < -0.3 is 25.6 Å². The predicted octanol–water partition coefficient (Wildman–Crippen LogP) is 3.58. The lowest BCUT2D eigenvalue weighted by molar-refractivity contribution is -0.146. The van der Waals surface area contributed by atoms with E-state index in [-0.39, 0.29) is 23.6 Å². The average molecular weight is 539 g/mol. The lowest BCUT2D eigenvalue weighted by atomic mass is 10.1. The molecule has 3 aliphatic rings. The van der Waals surface area contributed by atoms with Crippen LogP contribution in [-0.4, -0.2) is 58.5 Å². The number of alkyl carbamates (subject to hydrolysis) is 1. The lowest BCUT2D eigenvalue weighted by Crippen LogP contribution is -2.56. The van der Waals surface area contributed by atoms with E-state index in [1.807, 2.05) is 57.2 Å². The van der Waals surface area contributed by atoms with Gasteiger partial charge in [-0.2, -0.15) is 0 Å². The third kappa shape index (κ3) is 7.40. The van der Waals surface area contributed by atoms with Gasteiger partial charge in [0.1, 0.15) is 11.6 Å². The van der Waals surface area contributed by atoms with Crippen molar-refractivity contribution in [3.63, 3.8) is 0 Å². The van der Waals surface area contributed by atoms with Gasteiger partial charge in [0.15, 0.2) is 6.10 Å². The molecule has 4 atom stereocenters. The minimum atomic E-state index is -1.03. The second-order valence-corrected chi connectivity index (χ2v) is 12.0. The molecule has 0 unspecified atom stereocenters. The molecule has 39 heavy (non-hydrogen) atoms. The van der Waals surface area contributed by atoms with E-state index in [1.54, 1.807) is 0 Å². The number of hydrogen-bond donors (Lipinski definition) is 3. The first kappa shape index (κ1) is 28.6. The molecule has 3 N–H and O–H groups in total. The molecule has 9 nitrogen and oxygen atoms in total. The van der Waals surface area contributed by atoms with Crippen molar-refractivity contribution in [3.05, 3.63) is 48.0 Å². The molecule has 212 valence electrons. The maximum Gasteiger partial charge on any atom is 0.408 e. The monoisotopic (exact) mass is 538 g/mol. The van der Waals surface area contributed by atoms with E-state index in [4.69, 9.17) is 4.74 Å². The molecule has 1 aliphatic carbocycles. The Kier molecular flexibility index (Phi) is 8.97. The van der Waals surface area contributed by atoms with Gasteiger partial charge in [-0.25, -0.2) is 4.79 Å². The average Bonchev–Trinajstić information content (AvgIpc) is 3.34. The molecule has 9 heteroatoms. The molecule has 4 amide bonds. The number of fused-ring (bicyclic) bond motifs is 2. The number of ether oxygens (including phenoxy) is 1. The zero-order valence-corrected chi connectivity index (χ0v) is 23.3. The number of rotatable bonds is 4. The summed E-state index contributed by atoms with van der Waals surface area (Å²) in [5.74, 6) is -0.987. The molecule has 0 radical (unpaired) electrons. The summed E-state index contributed by atoms with van der Waals surface area (Å²) in [6, 6.07) is 8.95. The van der Waals surface area contributed by atoms with Crippen LogP contribution >= 0.6 is 0 Å². The highest BCUT2D eigenvalue weighted by Gasteiger charge is 2.60. The number of carbonyl (C=O) groups excluding carboxylic acids is 4. The van der Waals surface area contributed by atoms with Crippen molar-refractivity contribution in [1.82, 2.24) is 20.9 Å². The van der Waals surface area contributed by atoms with E-state index in [2.05, 4.69) is 22.0 Å². The third-order valence-corrected chi connectivity index (χ3v) is 7.61. The van der Waals surface area contributed by atoms with Crippen LogP contribution in [0.5, 0.6) is 0 Å². The molecule has 2 heterocycles. The van der Waals surface area contributed by atoms with Gasteiger partial charge in [-0.1, -0.05) is 48.9 Å². The predicted molar refractivity (Wildman–Crippen MR) is 147 cm³/mol. The minimum absolute atomic E-state index is 0.0925. The van der Waals surface area contributed by atoms with Crippen molar-refractivity contribution >= 4 is 23.8 Å². The van der Waals surface area contributed by atoms with E-state index in [0.29, 0.717) is 38.8 Å². The lowest BCUT2D eigenvalue weighted by Gasteiger charge is -2.30. The van der Waals surface area contributed by atoms with E-state index in [0.717, 1.165) is 31.2 Å². The van der Waals surface area contributed by atoms with Gasteiger partial charge in [-0.15, -0.1) is 0 Å². The van der Waals surface area contributed by atoms with E-state index >= 15 is 0 Å². The minimum Gasteiger partial charge on any atom is -0.436 e. The Labute approximate surface area is 231 Å². The first-order valence-corrected chi connectivity index (χ1v) is 14.2. The number of amides is 4. The maximum absolute atomic E-state index is 13.6. The van der Waals surface area contributed by atoms with Crippen molar-refractivity contribution in [2.24, 2.45) is 5.92 Å². The van der Waals surface area contributed by atoms with Gasteiger partial charge in [-0.3, -0.25) is 14.4 Å². The van der Waals surface area contributed by atoms with Crippen LogP contribution < -0.4 is 16.0 Å². The van der Waals surface area contributed by atoms with E-state index < -0.39 is 29.3 Å². The van der Waals surface area contributed by atoms with Crippen LogP contribution in [-0.2, 0) is 25.7 Å². The zero-order valence-electron chi connectivity index (χ0n) is 23.3. The zero-order chi connectivity index (χ0) is 28.0. The molecule has 2 aliphatic heterocycles. The van der Waals surface area contributed by atoms with Gasteiger partial charge in [0.05, 0.1) is 0 Å². The molecular formula is C30H42N4O5. The summed E-state index contributed by atoms with van der Waals surface area (Å²) in [5.41, 5.74) is -0.548. The number of nitrogens with one attached hydrogen (secondary N) is 3. The van der Waals surface area contributed by atoms with Gasteiger partial charge >= 0.3 is 6.09 Å². The SMILES string of the molecule is CC(C)(C)NC(=O)O[C@H]1CCCCCC=C[C@@H]2C[C@@]2(C(=O)NCc2ccccc2)NC(=O)[C@@H]2CCCN2C1=O. The van der Waals surface area contributed by atoms with Crippen LogP contribution in [0.3, 0.4) is 0 Å². The molecule has 0 bridgehead atoms. The Bertz CT molecular complexity index is 1080. The van der Waals surface area contributed by atoms with E-state index in [1.165, 1.54) is 4.90 Å². The highest BCUT2D eigenvalue weighted by Crippen LogP contribution is 2.45. The summed E-state index contributed by atoms with van der Waals surface area (Å²) < 4.78 is 5.62. The van der Waals surface area contributed by atoms with Crippen molar-refractivity contribution < 1.29 is 23.9 Å². The molecule has 0 spiro atoms. The first-order chi connectivity index (χ1) is 18.6. The van der Waals surface area contributed by atoms with Gasteiger partial charge in [0.2, 0.25) is 11.8 Å².